The minimum atomic E-state index is 0.289. The third-order valence-electron chi connectivity index (χ3n) is 3.68. The fraction of sp³-hybridized carbons (Fsp3) is 0.625. The van der Waals surface area contributed by atoms with Gasteiger partial charge in [0.05, 0.1) is 0 Å². The first-order valence-corrected chi connectivity index (χ1v) is 7.17. The zero-order valence-corrected chi connectivity index (χ0v) is 11.8. The predicted molar refractivity (Wildman–Crippen MR) is 77.9 cm³/mol. The van der Waals surface area contributed by atoms with E-state index in [1.165, 1.54) is 44.5 Å². The molecule has 1 fully saturated rings. The summed E-state index contributed by atoms with van der Waals surface area (Å²) in [6, 6.07) is 10.8. The Labute approximate surface area is 111 Å². The fourth-order valence-electron chi connectivity index (χ4n) is 2.75. The summed E-state index contributed by atoms with van der Waals surface area (Å²) in [6.07, 6.45) is 3.83. The zero-order chi connectivity index (χ0) is 12.8. The first-order valence-electron chi connectivity index (χ1n) is 7.17. The summed E-state index contributed by atoms with van der Waals surface area (Å²) < 4.78 is 0. The van der Waals surface area contributed by atoms with Crippen LogP contribution in [-0.4, -0.2) is 36.6 Å². The van der Waals surface area contributed by atoms with Gasteiger partial charge in [-0.2, -0.15) is 0 Å². The van der Waals surface area contributed by atoms with Gasteiger partial charge in [0.25, 0.3) is 0 Å². The minimum absolute atomic E-state index is 0.289. The molecular weight excluding hydrogens is 220 g/mol. The molecule has 1 saturated heterocycles. The lowest BCUT2D eigenvalue weighted by molar-refractivity contribution is 0.153. The van der Waals surface area contributed by atoms with Crippen LogP contribution in [0.25, 0.3) is 0 Å². The molecule has 1 aliphatic heterocycles. The van der Waals surface area contributed by atoms with E-state index in [2.05, 4.69) is 54.4 Å². The Bertz CT molecular complexity index is 345. The monoisotopic (exact) mass is 246 g/mol. The van der Waals surface area contributed by atoms with Crippen molar-refractivity contribution < 1.29 is 0 Å². The largest absolute Gasteiger partial charge is 0.309 e. The molecule has 1 N–H and O–H groups in total. The molecule has 2 rings (SSSR count). The van der Waals surface area contributed by atoms with Gasteiger partial charge in [0, 0.05) is 25.2 Å². The lowest BCUT2D eigenvalue weighted by atomic mass is 10.0. The maximum atomic E-state index is 3.56. The van der Waals surface area contributed by atoms with Gasteiger partial charge in [0.2, 0.25) is 0 Å². The van der Waals surface area contributed by atoms with E-state index in [4.69, 9.17) is 0 Å². The van der Waals surface area contributed by atoms with Gasteiger partial charge in [-0.05, 0) is 45.2 Å². The molecule has 2 heteroatoms. The molecule has 0 spiro atoms. The topological polar surface area (TPSA) is 15.3 Å². The second-order valence-electron chi connectivity index (χ2n) is 6.03. The summed E-state index contributed by atoms with van der Waals surface area (Å²) in [7, 11) is 0. The molecule has 1 aromatic carbocycles. The van der Waals surface area contributed by atoms with Crippen LogP contribution < -0.4 is 5.32 Å². The van der Waals surface area contributed by atoms with Crippen LogP contribution in [0.5, 0.6) is 0 Å². The first-order chi connectivity index (χ1) is 8.66. The molecule has 100 valence electrons. The maximum absolute atomic E-state index is 3.56. The van der Waals surface area contributed by atoms with Gasteiger partial charge >= 0.3 is 0 Å². The second-order valence-corrected chi connectivity index (χ2v) is 6.03. The van der Waals surface area contributed by atoms with E-state index in [9.17, 15) is 0 Å². The number of hydrogen-bond donors (Lipinski definition) is 1. The van der Waals surface area contributed by atoms with Crippen molar-refractivity contribution in [3.63, 3.8) is 0 Å². The van der Waals surface area contributed by atoms with Crippen molar-refractivity contribution in [2.45, 2.75) is 38.6 Å². The number of benzene rings is 1. The number of piperazine rings is 1. The Hall–Kier alpha value is -0.860. The Morgan fingerprint density at radius 3 is 2.67 bits per heavy atom. The molecule has 2 nitrogen and oxygen atoms in total. The molecule has 0 unspecified atom stereocenters. The molecule has 0 bridgehead atoms. The third-order valence-corrected chi connectivity index (χ3v) is 3.68. The van der Waals surface area contributed by atoms with Crippen LogP contribution in [0.15, 0.2) is 30.3 Å². The number of aryl methyl sites for hydroxylation is 1. The average Bonchev–Trinajstić information content (AvgIpc) is 2.35. The molecule has 0 aliphatic carbocycles. The Balaban J connectivity index is 1.64. The van der Waals surface area contributed by atoms with E-state index in [1.807, 2.05) is 0 Å². The van der Waals surface area contributed by atoms with Crippen molar-refractivity contribution in [2.75, 3.05) is 26.2 Å². The third kappa shape index (κ3) is 4.43. The Morgan fingerprint density at radius 2 is 1.94 bits per heavy atom. The summed E-state index contributed by atoms with van der Waals surface area (Å²) in [5, 5.41) is 3.56. The normalized spacial score (nSPS) is 19.9. The molecule has 18 heavy (non-hydrogen) atoms. The van der Waals surface area contributed by atoms with Crippen LogP contribution >= 0.6 is 0 Å². The number of hydrogen-bond acceptors (Lipinski definition) is 2. The lowest BCUT2D eigenvalue weighted by Crippen LogP contribution is -2.57. The Morgan fingerprint density at radius 1 is 1.17 bits per heavy atom. The minimum Gasteiger partial charge on any atom is -0.309 e. The van der Waals surface area contributed by atoms with Gasteiger partial charge in [-0.1, -0.05) is 30.3 Å². The average molecular weight is 246 g/mol. The van der Waals surface area contributed by atoms with E-state index in [0.717, 1.165) is 6.54 Å². The number of nitrogens with one attached hydrogen (secondary N) is 1. The summed E-state index contributed by atoms with van der Waals surface area (Å²) in [5.74, 6) is 0. The van der Waals surface area contributed by atoms with Crippen LogP contribution in [0.4, 0.5) is 0 Å². The van der Waals surface area contributed by atoms with E-state index >= 15 is 0 Å². The van der Waals surface area contributed by atoms with Gasteiger partial charge in [-0.3, -0.25) is 0 Å². The molecule has 0 saturated carbocycles. The summed E-state index contributed by atoms with van der Waals surface area (Å²) in [6.45, 7) is 9.35. The van der Waals surface area contributed by atoms with Crippen LogP contribution in [0.2, 0.25) is 0 Å². The van der Waals surface area contributed by atoms with Gasteiger partial charge in [-0.15, -0.1) is 0 Å². The molecule has 1 heterocycles. The predicted octanol–water partition coefficient (Wildman–Crippen LogP) is 2.69. The maximum Gasteiger partial charge on any atom is 0.0252 e. The number of rotatable bonds is 5. The standard InChI is InChI=1S/C16H26N2/c1-16(2)14-18(13-11-17-16)12-7-6-10-15-8-4-3-5-9-15/h3-5,8-9,17H,6-7,10-14H2,1-2H3. The highest BCUT2D eigenvalue weighted by Gasteiger charge is 2.24. The van der Waals surface area contributed by atoms with E-state index in [0.29, 0.717) is 0 Å². The lowest BCUT2D eigenvalue weighted by Gasteiger charge is -2.39. The fourth-order valence-corrected chi connectivity index (χ4v) is 2.75. The molecule has 0 aromatic heterocycles. The zero-order valence-electron chi connectivity index (χ0n) is 11.8. The molecule has 0 amide bonds. The number of unbranched alkanes of at least 4 members (excludes halogenated alkanes) is 1. The van der Waals surface area contributed by atoms with Crippen molar-refractivity contribution in [2.24, 2.45) is 0 Å². The van der Waals surface area contributed by atoms with Gasteiger partial charge in [-0.25, -0.2) is 0 Å². The summed E-state index contributed by atoms with van der Waals surface area (Å²) in [5.41, 5.74) is 1.76. The first kappa shape index (κ1) is 13.6. The highest BCUT2D eigenvalue weighted by atomic mass is 15.2. The second kappa shape index (κ2) is 6.35. The Kier molecular flexibility index (Phi) is 4.79. The van der Waals surface area contributed by atoms with Crippen LogP contribution in [0.1, 0.15) is 32.3 Å². The number of nitrogens with zero attached hydrogens (tertiary/aromatic N) is 1. The SMILES string of the molecule is CC1(C)CN(CCCCc2ccccc2)CCN1. The van der Waals surface area contributed by atoms with E-state index in [-0.39, 0.29) is 5.54 Å². The molecule has 0 radical (unpaired) electrons. The van der Waals surface area contributed by atoms with Gasteiger partial charge in [0.1, 0.15) is 0 Å². The summed E-state index contributed by atoms with van der Waals surface area (Å²) in [4.78, 5) is 2.60. The highest BCUT2D eigenvalue weighted by molar-refractivity contribution is 5.14. The smallest absolute Gasteiger partial charge is 0.0252 e. The van der Waals surface area contributed by atoms with Crippen molar-refractivity contribution in [3.8, 4) is 0 Å². The van der Waals surface area contributed by atoms with Crippen molar-refractivity contribution in [3.05, 3.63) is 35.9 Å². The molecular formula is C16H26N2. The van der Waals surface area contributed by atoms with E-state index in [1.54, 1.807) is 0 Å². The van der Waals surface area contributed by atoms with Crippen LogP contribution in [0, 0.1) is 0 Å². The van der Waals surface area contributed by atoms with Gasteiger partial charge < -0.3 is 10.2 Å². The summed E-state index contributed by atoms with van der Waals surface area (Å²) >= 11 is 0. The molecule has 1 aromatic rings. The van der Waals surface area contributed by atoms with Crippen molar-refractivity contribution in [1.29, 1.82) is 0 Å². The quantitative estimate of drug-likeness (QED) is 0.804. The molecule has 1 aliphatic rings. The van der Waals surface area contributed by atoms with Crippen molar-refractivity contribution >= 4 is 0 Å². The van der Waals surface area contributed by atoms with Crippen LogP contribution in [0.3, 0.4) is 0 Å². The molecule has 0 atom stereocenters. The van der Waals surface area contributed by atoms with Crippen molar-refractivity contribution in [1.82, 2.24) is 10.2 Å². The highest BCUT2D eigenvalue weighted by Crippen LogP contribution is 2.11. The van der Waals surface area contributed by atoms with Crippen LogP contribution in [-0.2, 0) is 6.42 Å². The van der Waals surface area contributed by atoms with E-state index < -0.39 is 0 Å². The van der Waals surface area contributed by atoms with Gasteiger partial charge in [0.15, 0.2) is 0 Å².